The highest BCUT2D eigenvalue weighted by Crippen LogP contribution is 2.34. The van der Waals surface area contributed by atoms with Crippen molar-refractivity contribution in [2.45, 2.75) is 0 Å². The molecule has 5 aromatic rings. The lowest BCUT2D eigenvalue weighted by Gasteiger charge is -2.12. The Kier molecular flexibility index (Phi) is 7.91. The van der Waals surface area contributed by atoms with E-state index in [4.69, 9.17) is 9.47 Å². The zero-order valence-corrected chi connectivity index (χ0v) is 23.2. The van der Waals surface area contributed by atoms with Crippen molar-refractivity contribution in [2.24, 2.45) is 0 Å². The van der Waals surface area contributed by atoms with Gasteiger partial charge in [0.05, 0.1) is 8.95 Å². The maximum Gasteiger partial charge on any atom is 0.262 e. The van der Waals surface area contributed by atoms with Crippen molar-refractivity contribution in [1.29, 1.82) is 0 Å². The second-order valence-electron chi connectivity index (χ2n) is 8.45. The quantitative estimate of drug-likeness (QED) is 0.185. The molecule has 0 saturated carbocycles. The van der Waals surface area contributed by atoms with E-state index in [0.717, 1.165) is 30.5 Å². The van der Waals surface area contributed by atoms with Crippen LogP contribution >= 0.6 is 31.9 Å². The van der Waals surface area contributed by atoms with Crippen LogP contribution in [0.5, 0.6) is 11.5 Å². The van der Waals surface area contributed by atoms with Gasteiger partial charge in [-0.3, -0.25) is 9.59 Å². The maximum atomic E-state index is 12.4. The Bertz CT molecular complexity index is 1520. The number of nitrogens with one attached hydrogen (secondary N) is 2. The van der Waals surface area contributed by atoms with Crippen LogP contribution in [0, 0.1) is 0 Å². The number of carbonyl (C=O) groups is 2. The minimum absolute atomic E-state index is 0.142. The van der Waals surface area contributed by atoms with E-state index in [9.17, 15) is 9.59 Å². The SMILES string of the molecule is O=C(COc1ccc2ccccc2c1Br)Nc1ccc(NC(=O)COc2ccc3ccccc3c2Br)cc1. The fraction of sp³-hybridized carbons (Fsp3) is 0.0667. The summed E-state index contributed by atoms with van der Waals surface area (Å²) in [6.07, 6.45) is 0. The molecule has 0 aliphatic carbocycles. The summed E-state index contributed by atoms with van der Waals surface area (Å²) >= 11 is 7.12. The lowest BCUT2D eigenvalue weighted by atomic mass is 10.1. The number of fused-ring (bicyclic) bond motifs is 2. The molecule has 2 N–H and O–H groups in total. The van der Waals surface area contributed by atoms with Crippen LogP contribution in [-0.4, -0.2) is 25.0 Å². The van der Waals surface area contributed by atoms with Gasteiger partial charge in [-0.2, -0.15) is 0 Å². The van der Waals surface area contributed by atoms with Crippen molar-refractivity contribution in [3.63, 3.8) is 0 Å². The topological polar surface area (TPSA) is 76.7 Å². The van der Waals surface area contributed by atoms with Crippen LogP contribution in [0.1, 0.15) is 0 Å². The van der Waals surface area contributed by atoms with E-state index >= 15 is 0 Å². The Balaban J connectivity index is 1.11. The summed E-state index contributed by atoms with van der Waals surface area (Å²) in [5.41, 5.74) is 1.18. The van der Waals surface area contributed by atoms with E-state index in [1.807, 2.05) is 72.8 Å². The van der Waals surface area contributed by atoms with Gasteiger partial charge in [0.25, 0.3) is 11.8 Å². The highest BCUT2D eigenvalue weighted by molar-refractivity contribution is 9.11. The van der Waals surface area contributed by atoms with Crippen LogP contribution in [-0.2, 0) is 9.59 Å². The molecule has 190 valence electrons. The Hall–Kier alpha value is -3.88. The average Bonchev–Trinajstić information content (AvgIpc) is 2.94. The predicted octanol–water partition coefficient (Wildman–Crippen LogP) is 7.55. The first-order valence-electron chi connectivity index (χ1n) is 11.8. The molecule has 0 bridgehead atoms. The summed E-state index contributed by atoms with van der Waals surface area (Å²) in [5, 5.41) is 9.77. The first kappa shape index (κ1) is 25.8. The molecule has 2 amide bonds. The third-order valence-electron chi connectivity index (χ3n) is 5.83. The molecule has 0 aliphatic heterocycles. The molecule has 0 aromatic heterocycles. The third kappa shape index (κ3) is 5.98. The van der Waals surface area contributed by atoms with Gasteiger partial charge >= 0.3 is 0 Å². The molecule has 0 unspecified atom stereocenters. The molecular formula is C30H22Br2N2O4. The standard InChI is InChI=1S/C30H22Br2N2O4/c31-29-23-7-3-1-5-19(23)9-15-25(29)37-17-27(35)33-21-11-13-22(14-12-21)34-28(36)18-38-26-16-10-20-6-2-4-8-24(20)30(26)32/h1-16H,17-18H2,(H,33,35)(H,34,36). The largest absolute Gasteiger partial charge is 0.483 e. The Morgan fingerprint density at radius 1 is 0.553 bits per heavy atom. The van der Waals surface area contributed by atoms with Gasteiger partial charge in [-0.15, -0.1) is 0 Å². The van der Waals surface area contributed by atoms with Crippen LogP contribution in [0.4, 0.5) is 11.4 Å². The number of hydrogen-bond donors (Lipinski definition) is 2. The summed E-state index contributed by atoms with van der Waals surface area (Å²) in [4.78, 5) is 24.8. The van der Waals surface area contributed by atoms with Gasteiger partial charge < -0.3 is 20.1 Å². The van der Waals surface area contributed by atoms with Gasteiger partial charge in [-0.05, 0) is 89.8 Å². The molecule has 8 heteroatoms. The molecule has 0 radical (unpaired) electrons. The molecule has 0 fully saturated rings. The molecule has 0 heterocycles. The Labute approximate surface area is 236 Å². The zero-order chi connectivity index (χ0) is 26.5. The van der Waals surface area contributed by atoms with Crippen molar-refractivity contribution >= 4 is 76.6 Å². The van der Waals surface area contributed by atoms with Gasteiger partial charge in [0.1, 0.15) is 11.5 Å². The van der Waals surface area contributed by atoms with Crippen LogP contribution in [0.2, 0.25) is 0 Å². The molecule has 6 nitrogen and oxygen atoms in total. The summed E-state index contributed by atoms with van der Waals surface area (Å²) in [6.45, 7) is -0.284. The van der Waals surface area contributed by atoms with Crippen molar-refractivity contribution in [2.75, 3.05) is 23.8 Å². The van der Waals surface area contributed by atoms with E-state index < -0.39 is 0 Å². The van der Waals surface area contributed by atoms with Crippen LogP contribution < -0.4 is 20.1 Å². The van der Waals surface area contributed by atoms with Crippen molar-refractivity contribution in [1.82, 2.24) is 0 Å². The minimum atomic E-state index is -0.295. The lowest BCUT2D eigenvalue weighted by Crippen LogP contribution is -2.21. The third-order valence-corrected chi connectivity index (χ3v) is 7.46. The van der Waals surface area contributed by atoms with Crippen molar-refractivity contribution in [3.05, 3.63) is 106 Å². The van der Waals surface area contributed by atoms with Crippen LogP contribution in [0.15, 0.2) is 106 Å². The summed E-state index contributed by atoms with van der Waals surface area (Å²) in [5.74, 6) is 0.595. The number of carbonyl (C=O) groups excluding carboxylic acids is 2. The molecule has 0 atom stereocenters. The van der Waals surface area contributed by atoms with Crippen molar-refractivity contribution in [3.8, 4) is 11.5 Å². The monoisotopic (exact) mass is 632 g/mol. The fourth-order valence-corrected chi connectivity index (χ4v) is 5.18. The number of ether oxygens (including phenoxy) is 2. The molecule has 0 aliphatic rings. The average molecular weight is 634 g/mol. The molecule has 0 saturated heterocycles. The molecule has 5 rings (SSSR count). The summed E-state index contributed by atoms with van der Waals surface area (Å²) in [6, 6.07) is 30.2. The predicted molar refractivity (Wildman–Crippen MR) is 158 cm³/mol. The summed E-state index contributed by atoms with van der Waals surface area (Å²) < 4.78 is 13.0. The summed E-state index contributed by atoms with van der Waals surface area (Å²) in [7, 11) is 0. The van der Waals surface area contributed by atoms with Gasteiger partial charge in [-0.25, -0.2) is 0 Å². The van der Waals surface area contributed by atoms with Crippen LogP contribution in [0.25, 0.3) is 21.5 Å². The Morgan fingerprint density at radius 3 is 1.37 bits per heavy atom. The molecular weight excluding hydrogens is 612 g/mol. The van der Waals surface area contributed by atoms with Crippen LogP contribution in [0.3, 0.4) is 0 Å². The van der Waals surface area contributed by atoms with Crippen molar-refractivity contribution < 1.29 is 19.1 Å². The van der Waals surface area contributed by atoms with E-state index in [1.165, 1.54) is 0 Å². The van der Waals surface area contributed by atoms with E-state index in [2.05, 4.69) is 42.5 Å². The van der Waals surface area contributed by atoms with E-state index in [1.54, 1.807) is 24.3 Å². The maximum absolute atomic E-state index is 12.4. The van der Waals surface area contributed by atoms with E-state index in [-0.39, 0.29) is 25.0 Å². The first-order chi connectivity index (χ1) is 18.5. The second-order valence-corrected chi connectivity index (χ2v) is 10.0. The number of halogens is 2. The molecule has 0 spiro atoms. The van der Waals surface area contributed by atoms with Gasteiger partial charge in [0.2, 0.25) is 0 Å². The van der Waals surface area contributed by atoms with Gasteiger partial charge in [0, 0.05) is 11.4 Å². The fourth-order valence-electron chi connectivity index (χ4n) is 3.97. The highest BCUT2D eigenvalue weighted by atomic mass is 79.9. The number of rotatable bonds is 8. The number of benzene rings is 5. The Morgan fingerprint density at radius 2 is 0.947 bits per heavy atom. The minimum Gasteiger partial charge on any atom is -0.483 e. The van der Waals surface area contributed by atoms with Gasteiger partial charge in [-0.1, -0.05) is 60.7 Å². The van der Waals surface area contributed by atoms with Gasteiger partial charge in [0.15, 0.2) is 13.2 Å². The number of amides is 2. The molecule has 5 aromatic carbocycles. The first-order valence-corrected chi connectivity index (χ1v) is 13.4. The van der Waals surface area contributed by atoms with E-state index in [0.29, 0.717) is 22.9 Å². The zero-order valence-electron chi connectivity index (χ0n) is 20.0. The smallest absolute Gasteiger partial charge is 0.262 e. The number of anilines is 2. The molecule has 38 heavy (non-hydrogen) atoms. The normalized spacial score (nSPS) is 10.8. The lowest BCUT2D eigenvalue weighted by molar-refractivity contribution is -0.118. The second kappa shape index (κ2) is 11.7. The highest BCUT2D eigenvalue weighted by Gasteiger charge is 2.11. The number of hydrogen-bond acceptors (Lipinski definition) is 4.